The van der Waals surface area contributed by atoms with Gasteiger partial charge in [0.1, 0.15) is 22.3 Å². The average molecular weight is 380 g/mol. The molecule has 0 atom stereocenters. The van der Waals surface area contributed by atoms with E-state index < -0.39 is 17.4 Å². The molecule has 3 rings (SSSR count). The van der Waals surface area contributed by atoms with E-state index in [1.165, 1.54) is 0 Å². The molecule has 0 radical (unpaired) electrons. The lowest BCUT2D eigenvalue weighted by Gasteiger charge is -2.31. The van der Waals surface area contributed by atoms with Crippen LogP contribution in [0.15, 0.2) is 18.2 Å². The maximum Gasteiger partial charge on any atom is 0.219 e. The Morgan fingerprint density at radius 2 is 2.00 bits per heavy atom. The second-order valence-electron chi connectivity index (χ2n) is 6.11. The van der Waals surface area contributed by atoms with E-state index in [4.69, 9.17) is 5.73 Å². The van der Waals surface area contributed by atoms with Crippen LogP contribution in [0.2, 0.25) is 0 Å². The van der Waals surface area contributed by atoms with E-state index in [-0.39, 0.29) is 28.2 Å². The predicted octanol–water partition coefficient (Wildman–Crippen LogP) is 2.66. The lowest BCUT2D eigenvalue weighted by Crippen LogP contribution is -2.41. The number of rotatable bonds is 4. The van der Waals surface area contributed by atoms with Gasteiger partial charge in [-0.05, 0) is 25.0 Å². The predicted molar refractivity (Wildman–Crippen MR) is 95.2 cm³/mol. The van der Waals surface area contributed by atoms with Crippen molar-refractivity contribution in [3.8, 4) is 0 Å². The van der Waals surface area contributed by atoms with Gasteiger partial charge in [-0.3, -0.25) is 9.59 Å². The fraction of sp³-hybridized carbons (Fsp3) is 0.353. The van der Waals surface area contributed by atoms with Crippen LogP contribution in [0, 0.1) is 11.6 Å². The highest BCUT2D eigenvalue weighted by molar-refractivity contribution is 7.18. The van der Waals surface area contributed by atoms with Crippen molar-refractivity contribution >= 4 is 34.0 Å². The minimum atomic E-state index is -0.936. The van der Waals surface area contributed by atoms with Gasteiger partial charge < -0.3 is 16.0 Å². The van der Waals surface area contributed by atoms with E-state index in [0.717, 1.165) is 36.3 Å². The number of hydrogen-bond acceptors (Lipinski definition) is 6. The van der Waals surface area contributed by atoms with Crippen LogP contribution in [-0.4, -0.2) is 40.7 Å². The van der Waals surface area contributed by atoms with E-state index in [1.807, 2.05) is 0 Å². The first kappa shape index (κ1) is 18.2. The Balaban J connectivity index is 1.71. The molecule has 26 heavy (non-hydrogen) atoms. The van der Waals surface area contributed by atoms with Crippen molar-refractivity contribution in [2.45, 2.75) is 25.8 Å². The van der Waals surface area contributed by atoms with E-state index in [0.29, 0.717) is 24.3 Å². The van der Waals surface area contributed by atoms with Gasteiger partial charge >= 0.3 is 0 Å². The minimum Gasteiger partial charge on any atom is -0.382 e. The molecule has 0 bridgehead atoms. The van der Waals surface area contributed by atoms with Crippen molar-refractivity contribution in [3.05, 3.63) is 40.3 Å². The molecule has 1 fully saturated rings. The maximum atomic E-state index is 13.8. The summed E-state index contributed by atoms with van der Waals surface area (Å²) in [6.45, 7) is 2.85. The number of nitrogens with two attached hydrogens (primary N) is 1. The van der Waals surface area contributed by atoms with Crippen LogP contribution < -0.4 is 11.1 Å². The van der Waals surface area contributed by atoms with E-state index in [9.17, 15) is 18.4 Å². The lowest BCUT2D eigenvalue weighted by molar-refractivity contribution is -0.129. The Labute approximate surface area is 153 Å². The number of aromatic nitrogens is 1. The Kier molecular flexibility index (Phi) is 5.17. The SMILES string of the molecule is CC(=O)N1CCC(Nc2nc(N)c(C(=O)c3ccc(F)cc3F)s2)CC1. The number of nitrogens with one attached hydrogen (secondary N) is 1. The highest BCUT2D eigenvalue weighted by Crippen LogP contribution is 2.29. The van der Waals surface area contributed by atoms with Gasteiger partial charge in [-0.25, -0.2) is 13.8 Å². The molecule has 6 nitrogen and oxygen atoms in total. The first-order chi connectivity index (χ1) is 12.3. The lowest BCUT2D eigenvalue weighted by atomic mass is 10.1. The van der Waals surface area contributed by atoms with E-state index >= 15 is 0 Å². The first-order valence-electron chi connectivity index (χ1n) is 8.13. The highest BCUT2D eigenvalue weighted by Gasteiger charge is 2.24. The van der Waals surface area contributed by atoms with Gasteiger partial charge in [0.05, 0.1) is 5.56 Å². The number of ketones is 1. The summed E-state index contributed by atoms with van der Waals surface area (Å²) in [6, 6.07) is 2.89. The topological polar surface area (TPSA) is 88.3 Å². The molecule has 1 aromatic carbocycles. The summed E-state index contributed by atoms with van der Waals surface area (Å²) in [5.74, 6) is -2.26. The fourth-order valence-electron chi connectivity index (χ4n) is 2.87. The van der Waals surface area contributed by atoms with Crippen LogP contribution in [0.25, 0.3) is 0 Å². The minimum absolute atomic E-state index is 0.00685. The van der Waals surface area contributed by atoms with E-state index in [1.54, 1.807) is 11.8 Å². The summed E-state index contributed by atoms with van der Waals surface area (Å²) in [7, 11) is 0. The zero-order valence-corrected chi connectivity index (χ0v) is 14.9. The molecule has 1 amide bonds. The van der Waals surface area contributed by atoms with Gasteiger partial charge in [-0.2, -0.15) is 0 Å². The molecule has 0 unspecified atom stereocenters. The van der Waals surface area contributed by atoms with Gasteiger partial charge in [0.15, 0.2) is 5.13 Å². The number of halogens is 2. The number of hydrogen-bond donors (Lipinski definition) is 2. The summed E-state index contributed by atoms with van der Waals surface area (Å²) < 4.78 is 26.8. The standard InChI is InChI=1S/C17H18F2N4O2S/c1-9(24)23-6-4-11(5-7-23)21-17-22-16(20)15(26-17)14(25)12-3-2-10(18)8-13(12)19/h2-3,8,11H,4-7,20H2,1H3,(H,21,22). The van der Waals surface area contributed by atoms with Gasteiger partial charge in [-0.1, -0.05) is 11.3 Å². The molecule has 1 aliphatic rings. The van der Waals surface area contributed by atoms with Crippen molar-refractivity contribution in [1.29, 1.82) is 0 Å². The first-order valence-corrected chi connectivity index (χ1v) is 8.95. The van der Waals surface area contributed by atoms with Gasteiger partial charge in [0, 0.05) is 32.1 Å². The summed E-state index contributed by atoms with van der Waals surface area (Å²) >= 11 is 1.04. The van der Waals surface area contributed by atoms with Gasteiger partial charge in [0.2, 0.25) is 11.7 Å². The molecule has 3 N–H and O–H groups in total. The maximum absolute atomic E-state index is 13.8. The molecule has 0 aliphatic carbocycles. The number of piperidine rings is 1. The van der Waals surface area contributed by atoms with Crippen molar-refractivity contribution in [2.75, 3.05) is 24.1 Å². The van der Waals surface area contributed by atoms with Gasteiger partial charge in [0.25, 0.3) is 0 Å². The van der Waals surface area contributed by atoms with Crippen molar-refractivity contribution in [1.82, 2.24) is 9.88 Å². The monoisotopic (exact) mass is 380 g/mol. The number of carbonyl (C=O) groups excluding carboxylic acids is 2. The second kappa shape index (κ2) is 7.36. The molecule has 2 aromatic rings. The van der Waals surface area contributed by atoms with Crippen molar-refractivity contribution in [2.24, 2.45) is 0 Å². The average Bonchev–Trinajstić information content (AvgIpc) is 2.95. The third-order valence-corrected chi connectivity index (χ3v) is 5.30. The van der Waals surface area contributed by atoms with E-state index in [2.05, 4.69) is 10.3 Å². The van der Waals surface area contributed by atoms with Crippen LogP contribution in [0.3, 0.4) is 0 Å². The molecular formula is C17H18F2N4O2S. The second-order valence-corrected chi connectivity index (χ2v) is 7.11. The van der Waals surface area contributed by atoms with Crippen LogP contribution in [0.5, 0.6) is 0 Å². The zero-order valence-electron chi connectivity index (χ0n) is 14.1. The Bertz CT molecular complexity index is 847. The molecular weight excluding hydrogens is 362 g/mol. The van der Waals surface area contributed by atoms with Crippen LogP contribution >= 0.6 is 11.3 Å². The number of anilines is 2. The summed E-state index contributed by atoms with van der Waals surface area (Å²) in [5.41, 5.74) is 5.57. The molecule has 1 saturated heterocycles. The molecule has 1 aromatic heterocycles. The number of carbonyl (C=O) groups is 2. The number of likely N-dealkylation sites (tertiary alicyclic amines) is 1. The highest BCUT2D eigenvalue weighted by atomic mass is 32.1. The third-order valence-electron chi connectivity index (χ3n) is 4.30. The number of nitrogens with zero attached hydrogens (tertiary/aromatic N) is 2. The molecule has 0 spiro atoms. The normalized spacial score (nSPS) is 15.1. The number of amides is 1. The molecule has 9 heteroatoms. The number of thiazole rings is 1. The quantitative estimate of drug-likeness (QED) is 0.796. The zero-order chi connectivity index (χ0) is 18.8. The van der Waals surface area contributed by atoms with Crippen molar-refractivity contribution in [3.63, 3.8) is 0 Å². The number of nitrogen functional groups attached to an aromatic ring is 1. The number of benzene rings is 1. The third kappa shape index (κ3) is 3.82. The summed E-state index contributed by atoms with van der Waals surface area (Å²) in [4.78, 5) is 29.9. The molecule has 0 saturated carbocycles. The Morgan fingerprint density at radius 1 is 1.31 bits per heavy atom. The smallest absolute Gasteiger partial charge is 0.219 e. The fourth-order valence-corrected chi connectivity index (χ4v) is 3.78. The van der Waals surface area contributed by atoms with Crippen LogP contribution in [0.4, 0.5) is 19.7 Å². The van der Waals surface area contributed by atoms with Gasteiger partial charge in [-0.15, -0.1) is 0 Å². The summed E-state index contributed by atoms with van der Waals surface area (Å²) in [6.07, 6.45) is 1.52. The molecule has 138 valence electrons. The molecule has 1 aliphatic heterocycles. The summed E-state index contributed by atoms with van der Waals surface area (Å²) in [5, 5.41) is 3.68. The molecule has 2 heterocycles. The van der Waals surface area contributed by atoms with Crippen LogP contribution in [0.1, 0.15) is 35.0 Å². The Morgan fingerprint density at radius 3 is 2.62 bits per heavy atom. The van der Waals surface area contributed by atoms with Crippen molar-refractivity contribution < 1.29 is 18.4 Å². The largest absolute Gasteiger partial charge is 0.382 e. The van der Waals surface area contributed by atoms with Crippen LogP contribution in [-0.2, 0) is 4.79 Å². The Hall–Kier alpha value is -2.55.